The zero-order valence-electron chi connectivity index (χ0n) is 14.2. The standard InChI is InChI=1S/C20H21N3O/c1-14(2)24-18-11-9-17(10-12-18)23-20-13-19(21-15(3)22-20)16-7-5-4-6-8-16/h4-14H,1-3H3,(H,21,22,23). The van der Waals surface area contributed by atoms with Crippen molar-refractivity contribution in [1.82, 2.24) is 9.97 Å². The van der Waals surface area contributed by atoms with Crippen LogP contribution in [0.2, 0.25) is 0 Å². The second kappa shape index (κ2) is 7.13. The van der Waals surface area contributed by atoms with Crippen molar-refractivity contribution in [3.63, 3.8) is 0 Å². The molecule has 0 aliphatic carbocycles. The Labute approximate surface area is 142 Å². The van der Waals surface area contributed by atoms with Gasteiger partial charge in [0.05, 0.1) is 11.8 Å². The predicted octanol–water partition coefficient (Wildman–Crippen LogP) is 4.98. The molecule has 0 atom stereocenters. The summed E-state index contributed by atoms with van der Waals surface area (Å²) in [5.74, 6) is 2.37. The van der Waals surface area contributed by atoms with Gasteiger partial charge in [-0.3, -0.25) is 0 Å². The molecule has 2 aromatic carbocycles. The van der Waals surface area contributed by atoms with Crippen LogP contribution in [-0.2, 0) is 0 Å². The van der Waals surface area contributed by atoms with Crippen LogP contribution in [0.3, 0.4) is 0 Å². The molecule has 0 radical (unpaired) electrons. The summed E-state index contributed by atoms with van der Waals surface area (Å²) in [7, 11) is 0. The van der Waals surface area contributed by atoms with Crippen LogP contribution in [-0.4, -0.2) is 16.1 Å². The summed E-state index contributed by atoms with van der Waals surface area (Å²) in [4.78, 5) is 8.99. The lowest BCUT2D eigenvalue weighted by Crippen LogP contribution is -2.05. The maximum absolute atomic E-state index is 5.66. The van der Waals surface area contributed by atoms with E-state index in [1.54, 1.807) is 0 Å². The van der Waals surface area contributed by atoms with Crippen molar-refractivity contribution in [2.24, 2.45) is 0 Å². The van der Waals surface area contributed by atoms with Gasteiger partial charge in [-0.15, -0.1) is 0 Å². The van der Waals surface area contributed by atoms with E-state index in [0.717, 1.165) is 34.3 Å². The molecule has 1 aromatic heterocycles. The average molecular weight is 319 g/mol. The van der Waals surface area contributed by atoms with E-state index in [0.29, 0.717) is 0 Å². The maximum Gasteiger partial charge on any atom is 0.134 e. The Morgan fingerprint density at radius 1 is 0.917 bits per heavy atom. The topological polar surface area (TPSA) is 47.0 Å². The number of rotatable bonds is 5. The fourth-order valence-electron chi connectivity index (χ4n) is 2.43. The minimum Gasteiger partial charge on any atom is -0.491 e. The van der Waals surface area contributed by atoms with Gasteiger partial charge < -0.3 is 10.1 Å². The van der Waals surface area contributed by atoms with E-state index in [4.69, 9.17) is 4.74 Å². The summed E-state index contributed by atoms with van der Waals surface area (Å²) in [5, 5.41) is 3.33. The maximum atomic E-state index is 5.66. The lowest BCUT2D eigenvalue weighted by molar-refractivity contribution is 0.242. The third-order valence-corrected chi connectivity index (χ3v) is 3.41. The molecule has 0 unspecified atom stereocenters. The highest BCUT2D eigenvalue weighted by Crippen LogP contribution is 2.23. The van der Waals surface area contributed by atoms with Gasteiger partial charge in [0.15, 0.2) is 0 Å². The molecular formula is C20H21N3O. The molecule has 0 spiro atoms. The zero-order chi connectivity index (χ0) is 16.9. The van der Waals surface area contributed by atoms with Crippen LogP contribution >= 0.6 is 0 Å². The molecule has 0 saturated heterocycles. The van der Waals surface area contributed by atoms with Crippen molar-refractivity contribution < 1.29 is 4.74 Å². The quantitative estimate of drug-likeness (QED) is 0.720. The summed E-state index contributed by atoms with van der Waals surface area (Å²) in [6, 6.07) is 19.9. The molecule has 0 amide bonds. The van der Waals surface area contributed by atoms with Crippen LogP contribution in [0, 0.1) is 6.92 Å². The first kappa shape index (κ1) is 16.0. The lowest BCUT2D eigenvalue weighted by Gasteiger charge is -2.11. The number of benzene rings is 2. The van der Waals surface area contributed by atoms with Crippen molar-refractivity contribution in [2.75, 3.05) is 5.32 Å². The molecule has 122 valence electrons. The van der Waals surface area contributed by atoms with Crippen molar-refractivity contribution in [3.05, 3.63) is 66.5 Å². The number of anilines is 2. The molecule has 3 rings (SSSR count). The third-order valence-electron chi connectivity index (χ3n) is 3.41. The Bertz CT molecular complexity index is 799. The number of aromatic nitrogens is 2. The molecule has 4 heteroatoms. The second-order valence-corrected chi connectivity index (χ2v) is 5.87. The van der Waals surface area contributed by atoms with Gasteiger partial charge in [-0.25, -0.2) is 9.97 Å². The van der Waals surface area contributed by atoms with Gasteiger partial charge in [-0.1, -0.05) is 30.3 Å². The van der Waals surface area contributed by atoms with Gasteiger partial charge in [-0.2, -0.15) is 0 Å². The van der Waals surface area contributed by atoms with Crippen LogP contribution in [0.25, 0.3) is 11.3 Å². The third kappa shape index (κ3) is 4.10. The van der Waals surface area contributed by atoms with Crippen LogP contribution in [0.5, 0.6) is 5.75 Å². The molecule has 24 heavy (non-hydrogen) atoms. The highest BCUT2D eigenvalue weighted by Gasteiger charge is 2.05. The zero-order valence-corrected chi connectivity index (χ0v) is 14.2. The molecule has 1 heterocycles. The smallest absolute Gasteiger partial charge is 0.134 e. The van der Waals surface area contributed by atoms with Crippen LogP contribution < -0.4 is 10.1 Å². The minimum absolute atomic E-state index is 0.168. The minimum atomic E-state index is 0.168. The fourth-order valence-corrected chi connectivity index (χ4v) is 2.43. The van der Waals surface area contributed by atoms with E-state index in [1.807, 2.05) is 81.4 Å². The van der Waals surface area contributed by atoms with E-state index in [-0.39, 0.29) is 6.10 Å². The van der Waals surface area contributed by atoms with E-state index in [9.17, 15) is 0 Å². The molecule has 0 aliphatic heterocycles. The van der Waals surface area contributed by atoms with Crippen molar-refractivity contribution in [3.8, 4) is 17.0 Å². The molecular weight excluding hydrogens is 298 g/mol. The molecule has 0 fully saturated rings. The van der Waals surface area contributed by atoms with E-state index in [2.05, 4.69) is 15.3 Å². The Kier molecular flexibility index (Phi) is 4.75. The van der Waals surface area contributed by atoms with Crippen molar-refractivity contribution in [2.45, 2.75) is 26.9 Å². The molecule has 4 nitrogen and oxygen atoms in total. The average Bonchev–Trinajstić information content (AvgIpc) is 2.56. The summed E-state index contributed by atoms with van der Waals surface area (Å²) < 4.78 is 5.66. The van der Waals surface area contributed by atoms with E-state index < -0.39 is 0 Å². The highest BCUT2D eigenvalue weighted by molar-refractivity contribution is 5.65. The van der Waals surface area contributed by atoms with Gasteiger partial charge >= 0.3 is 0 Å². The monoisotopic (exact) mass is 319 g/mol. The number of hydrogen-bond acceptors (Lipinski definition) is 4. The molecule has 0 saturated carbocycles. The first-order valence-corrected chi connectivity index (χ1v) is 8.05. The first-order valence-electron chi connectivity index (χ1n) is 8.05. The number of nitrogens with zero attached hydrogens (tertiary/aromatic N) is 2. The van der Waals surface area contributed by atoms with Crippen molar-refractivity contribution in [1.29, 1.82) is 0 Å². The first-order chi connectivity index (χ1) is 11.6. The van der Waals surface area contributed by atoms with Gasteiger partial charge in [0.2, 0.25) is 0 Å². The van der Waals surface area contributed by atoms with E-state index >= 15 is 0 Å². The number of aryl methyl sites for hydroxylation is 1. The van der Waals surface area contributed by atoms with Crippen molar-refractivity contribution >= 4 is 11.5 Å². The summed E-state index contributed by atoms with van der Waals surface area (Å²) in [5.41, 5.74) is 2.94. The largest absolute Gasteiger partial charge is 0.491 e. The fraction of sp³-hybridized carbons (Fsp3) is 0.200. The van der Waals surface area contributed by atoms with Gasteiger partial charge in [0.25, 0.3) is 0 Å². The normalized spacial score (nSPS) is 10.7. The summed E-state index contributed by atoms with van der Waals surface area (Å²) in [6.45, 7) is 5.93. The Balaban J connectivity index is 1.81. The Morgan fingerprint density at radius 3 is 2.29 bits per heavy atom. The Morgan fingerprint density at radius 2 is 1.62 bits per heavy atom. The Hall–Kier alpha value is -2.88. The predicted molar refractivity (Wildman–Crippen MR) is 97.7 cm³/mol. The lowest BCUT2D eigenvalue weighted by atomic mass is 10.1. The number of ether oxygens (including phenoxy) is 1. The van der Waals surface area contributed by atoms with Gasteiger partial charge in [-0.05, 0) is 45.0 Å². The molecule has 3 aromatic rings. The van der Waals surface area contributed by atoms with Crippen LogP contribution in [0.1, 0.15) is 19.7 Å². The highest BCUT2D eigenvalue weighted by atomic mass is 16.5. The SMILES string of the molecule is Cc1nc(Nc2ccc(OC(C)C)cc2)cc(-c2ccccc2)n1. The van der Waals surface area contributed by atoms with Gasteiger partial charge in [0.1, 0.15) is 17.4 Å². The second-order valence-electron chi connectivity index (χ2n) is 5.87. The summed E-state index contributed by atoms with van der Waals surface area (Å²) >= 11 is 0. The number of hydrogen-bond donors (Lipinski definition) is 1. The van der Waals surface area contributed by atoms with Crippen LogP contribution in [0.4, 0.5) is 11.5 Å². The van der Waals surface area contributed by atoms with Crippen LogP contribution in [0.15, 0.2) is 60.7 Å². The molecule has 0 bridgehead atoms. The molecule has 1 N–H and O–H groups in total. The van der Waals surface area contributed by atoms with E-state index in [1.165, 1.54) is 0 Å². The summed E-state index contributed by atoms with van der Waals surface area (Å²) in [6.07, 6.45) is 0.168. The molecule has 0 aliphatic rings. The number of nitrogens with one attached hydrogen (secondary N) is 1. The van der Waals surface area contributed by atoms with Gasteiger partial charge in [0, 0.05) is 17.3 Å².